The summed E-state index contributed by atoms with van der Waals surface area (Å²) in [5.41, 5.74) is 1.47. The molecule has 2 aliphatic rings. The highest BCUT2D eigenvalue weighted by molar-refractivity contribution is 7.19. The summed E-state index contributed by atoms with van der Waals surface area (Å²) < 4.78 is 5.31. The van der Waals surface area contributed by atoms with Gasteiger partial charge in [0.1, 0.15) is 16.5 Å². The summed E-state index contributed by atoms with van der Waals surface area (Å²) in [6, 6.07) is 0. The Morgan fingerprint density at radius 1 is 1.21 bits per heavy atom. The van der Waals surface area contributed by atoms with Crippen LogP contribution in [0.4, 0.5) is 5.82 Å². The van der Waals surface area contributed by atoms with Crippen molar-refractivity contribution >= 4 is 33.3 Å². The minimum absolute atomic E-state index is 0.0488. The molecule has 1 aliphatic carbocycles. The fraction of sp³-hybridized carbons (Fsp3) is 0.682. The average Bonchev–Trinajstić information content (AvgIpc) is 3.10. The molecule has 0 spiro atoms. The van der Waals surface area contributed by atoms with Crippen LogP contribution in [-0.2, 0) is 28.8 Å². The van der Waals surface area contributed by atoms with Gasteiger partial charge in [-0.3, -0.25) is 4.79 Å². The molecule has 0 bridgehead atoms. The van der Waals surface area contributed by atoms with Crippen LogP contribution in [0.1, 0.15) is 68.6 Å². The first-order valence-electron chi connectivity index (χ1n) is 10.9. The normalized spacial score (nSPS) is 19.6. The van der Waals surface area contributed by atoms with E-state index in [1.165, 1.54) is 35.1 Å². The van der Waals surface area contributed by atoms with Crippen LogP contribution in [0, 0.1) is 5.92 Å². The molecule has 0 unspecified atom stereocenters. The van der Waals surface area contributed by atoms with Crippen LogP contribution >= 0.6 is 11.3 Å². The number of aromatic nitrogens is 2. The number of hydrogen-bond donors (Lipinski definition) is 0. The first-order valence-corrected chi connectivity index (χ1v) is 11.8. The summed E-state index contributed by atoms with van der Waals surface area (Å²) in [5, 5.41) is 1.27. The number of thiophene rings is 1. The van der Waals surface area contributed by atoms with Crippen molar-refractivity contribution in [1.82, 2.24) is 9.97 Å². The van der Waals surface area contributed by atoms with E-state index in [2.05, 4.69) is 11.8 Å². The third-order valence-electron chi connectivity index (χ3n) is 5.94. The zero-order valence-electron chi connectivity index (χ0n) is 17.1. The van der Waals surface area contributed by atoms with Crippen LogP contribution in [0.25, 0.3) is 10.2 Å². The third kappa shape index (κ3) is 3.88. The number of piperidine rings is 1. The standard InChI is InChI=1S/C22H31N3O2S/c1-3-5-12-18-23-20(25-13-8-9-15(14-25)22(26)27-4-2)19-16-10-6-7-11-17(16)28-21(19)24-18/h15H,3-14H2,1-2H3/t15-/m0/s1. The van der Waals surface area contributed by atoms with Crippen LogP contribution in [-0.4, -0.2) is 35.6 Å². The van der Waals surface area contributed by atoms with Gasteiger partial charge in [0.05, 0.1) is 17.9 Å². The van der Waals surface area contributed by atoms with E-state index in [1.54, 1.807) is 0 Å². The quantitative estimate of drug-likeness (QED) is 0.657. The van der Waals surface area contributed by atoms with Crippen molar-refractivity contribution in [3.8, 4) is 0 Å². The zero-order valence-corrected chi connectivity index (χ0v) is 17.9. The van der Waals surface area contributed by atoms with E-state index in [1.807, 2.05) is 18.3 Å². The predicted octanol–water partition coefficient (Wildman–Crippen LogP) is 4.69. The predicted molar refractivity (Wildman–Crippen MR) is 114 cm³/mol. The van der Waals surface area contributed by atoms with E-state index in [0.29, 0.717) is 13.2 Å². The highest BCUT2D eigenvalue weighted by Gasteiger charge is 2.30. The molecule has 28 heavy (non-hydrogen) atoms. The largest absolute Gasteiger partial charge is 0.466 e. The number of rotatable bonds is 6. The van der Waals surface area contributed by atoms with Gasteiger partial charge in [-0.15, -0.1) is 11.3 Å². The molecule has 1 atom stereocenters. The van der Waals surface area contributed by atoms with E-state index in [0.717, 1.165) is 61.5 Å². The van der Waals surface area contributed by atoms with Gasteiger partial charge in [0.2, 0.25) is 0 Å². The van der Waals surface area contributed by atoms with Crippen LogP contribution in [0.15, 0.2) is 0 Å². The van der Waals surface area contributed by atoms with Crippen LogP contribution in [0.2, 0.25) is 0 Å². The number of anilines is 1. The van der Waals surface area contributed by atoms with E-state index in [9.17, 15) is 4.79 Å². The van der Waals surface area contributed by atoms with Gasteiger partial charge in [-0.05, 0) is 57.4 Å². The van der Waals surface area contributed by atoms with Crippen molar-refractivity contribution in [3.05, 3.63) is 16.3 Å². The molecule has 1 fully saturated rings. The summed E-state index contributed by atoms with van der Waals surface area (Å²) in [5.74, 6) is 1.93. The Bertz CT molecular complexity index is 848. The van der Waals surface area contributed by atoms with E-state index >= 15 is 0 Å². The highest BCUT2D eigenvalue weighted by Crippen LogP contribution is 2.40. The van der Waals surface area contributed by atoms with Crippen molar-refractivity contribution < 1.29 is 9.53 Å². The molecule has 0 N–H and O–H groups in total. The maximum Gasteiger partial charge on any atom is 0.310 e. The zero-order chi connectivity index (χ0) is 19.5. The Morgan fingerprint density at radius 2 is 2.07 bits per heavy atom. The fourth-order valence-electron chi connectivity index (χ4n) is 4.48. The molecular formula is C22H31N3O2S. The first-order chi connectivity index (χ1) is 13.7. The molecule has 0 saturated carbocycles. The van der Waals surface area contributed by atoms with Crippen LogP contribution < -0.4 is 4.90 Å². The molecular weight excluding hydrogens is 370 g/mol. The van der Waals surface area contributed by atoms with Crippen molar-refractivity contribution in [2.75, 3.05) is 24.6 Å². The molecule has 5 nitrogen and oxygen atoms in total. The SMILES string of the molecule is CCCCc1nc(N2CCC[C@H](C(=O)OCC)C2)c2c3c(sc2n1)CCCC3. The third-order valence-corrected chi connectivity index (χ3v) is 7.12. The maximum atomic E-state index is 12.3. The number of carbonyl (C=O) groups excluding carboxylic acids is 1. The van der Waals surface area contributed by atoms with Gasteiger partial charge in [0.15, 0.2) is 0 Å². The maximum absolute atomic E-state index is 12.3. The summed E-state index contributed by atoms with van der Waals surface area (Å²) >= 11 is 1.87. The number of nitrogens with zero attached hydrogens (tertiary/aromatic N) is 3. The lowest BCUT2D eigenvalue weighted by molar-refractivity contribution is -0.148. The number of esters is 1. The van der Waals surface area contributed by atoms with Crippen LogP contribution in [0.5, 0.6) is 0 Å². The van der Waals surface area contributed by atoms with Crippen molar-refractivity contribution in [1.29, 1.82) is 0 Å². The van der Waals surface area contributed by atoms with Gasteiger partial charge in [0.25, 0.3) is 0 Å². The molecule has 1 saturated heterocycles. The minimum Gasteiger partial charge on any atom is -0.466 e. The second-order valence-electron chi connectivity index (χ2n) is 8.00. The van der Waals surface area contributed by atoms with Gasteiger partial charge >= 0.3 is 5.97 Å². The molecule has 3 heterocycles. The Morgan fingerprint density at radius 3 is 2.89 bits per heavy atom. The topological polar surface area (TPSA) is 55.3 Å². The summed E-state index contributed by atoms with van der Waals surface area (Å²) in [6.07, 6.45) is 9.94. The average molecular weight is 402 g/mol. The molecule has 1 aliphatic heterocycles. The number of unbranched alkanes of at least 4 members (excludes halogenated alkanes) is 1. The lowest BCUT2D eigenvalue weighted by atomic mass is 9.95. The smallest absolute Gasteiger partial charge is 0.310 e. The van der Waals surface area contributed by atoms with Gasteiger partial charge in [0, 0.05) is 24.4 Å². The van der Waals surface area contributed by atoms with Gasteiger partial charge in [-0.1, -0.05) is 13.3 Å². The van der Waals surface area contributed by atoms with E-state index in [4.69, 9.17) is 14.7 Å². The first kappa shape index (κ1) is 19.6. The lowest BCUT2D eigenvalue weighted by Gasteiger charge is -2.33. The molecule has 4 rings (SSSR count). The van der Waals surface area contributed by atoms with Gasteiger partial charge in [-0.2, -0.15) is 0 Å². The number of hydrogen-bond acceptors (Lipinski definition) is 6. The molecule has 0 aromatic carbocycles. The number of carbonyl (C=O) groups is 1. The molecule has 0 amide bonds. The van der Waals surface area contributed by atoms with Crippen LogP contribution in [0.3, 0.4) is 0 Å². The second-order valence-corrected chi connectivity index (χ2v) is 9.08. The lowest BCUT2D eigenvalue weighted by Crippen LogP contribution is -2.40. The Hall–Kier alpha value is -1.69. The van der Waals surface area contributed by atoms with Crippen molar-refractivity contribution in [3.63, 3.8) is 0 Å². The van der Waals surface area contributed by atoms with Gasteiger partial charge in [-0.25, -0.2) is 9.97 Å². The molecule has 2 aromatic rings. The summed E-state index contributed by atoms with van der Waals surface area (Å²) in [4.78, 5) is 27.3. The molecule has 0 radical (unpaired) electrons. The van der Waals surface area contributed by atoms with Crippen molar-refractivity contribution in [2.45, 2.75) is 71.6 Å². The second kappa shape index (κ2) is 8.76. The van der Waals surface area contributed by atoms with Gasteiger partial charge < -0.3 is 9.64 Å². The Labute approximate surface area is 171 Å². The summed E-state index contributed by atoms with van der Waals surface area (Å²) in [6.45, 7) is 6.21. The molecule has 2 aromatic heterocycles. The number of ether oxygens (including phenoxy) is 1. The Balaban J connectivity index is 1.73. The van der Waals surface area contributed by atoms with E-state index < -0.39 is 0 Å². The monoisotopic (exact) mass is 401 g/mol. The summed E-state index contributed by atoms with van der Waals surface area (Å²) in [7, 11) is 0. The van der Waals surface area contributed by atoms with Crippen molar-refractivity contribution in [2.24, 2.45) is 5.92 Å². The minimum atomic E-state index is -0.0592. The fourth-order valence-corrected chi connectivity index (χ4v) is 5.75. The molecule has 152 valence electrons. The Kier molecular flexibility index (Phi) is 6.14. The number of fused-ring (bicyclic) bond motifs is 3. The highest BCUT2D eigenvalue weighted by atomic mass is 32.1. The molecule has 6 heteroatoms. The van der Waals surface area contributed by atoms with E-state index in [-0.39, 0.29) is 11.9 Å². The number of aryl methyl sites for hydroxylation is 3.